The summed E-state index contributed by atoms with van der Waals surface area (Å²) in [6.45, 7) is 1.92. The van der Waals surface area contributed by atoms with Gasteiger partial charge in [-0.25, -0.2) is 13.1 Å². The summed E-state index contributed by atoms with van der Waals surface area (Å²) in [6.07, 6.45) is 1.84. The molecule has 7 heteroatoms. The molecular formula is C19H20ClNO4S. The number of carbonyl (C=O) groups is 1. The summed E-state index contributed by atoms with van der Waals surface area (Å²) in [4.78, 5) is 11.3. The Bertz CT molecular complexity index is 939. The molecule has 0 saturated carbocycles. The van der Waals surface area contributed by atoms with Crippen LogP contribution < -0.4 is 4.72 Å². The molecule has 2 N–H and O–H groups in total. The van der Waals surface area contributed by atoms with E-state index in [0.29, 0.717) is 24.3 Å². The predicted octanol–water partition coefficient (Wildman–Crippen LogP) is 3.11. The number of carboxylic acid groups (broad SMARTS) is 1. The van der Waals surface area contributed by atoms with Crippen LogP contribution in [0.5, 0.6) is 0 Å². The van der Waals surface area contributed by atoms with Crippen molar-refractivity contribution in [3.8, 4) is 0 Å². The van der Waals surface area contributed by atoms with Gasteiger partial charge in [0.2, 0.25) is 10.0 Å². The molecule has 1 unspecified atom stereocenters. The number of halogens is 1. The van der Waals surface area contributed by atoms with Gasteiger partial charge in [-0.1, -0.05) is 29.3 Å². The maximum Gasteiger partial charge on any atom is 0.307 e. The number of nitrogens with one attached hydrogen (secondary N) is 1. The largest absolute Gasteiger partial charge is 0.481 e. The Hall–Kier alpha value is -1.89. The summed E-state index contributed by atoms with van der Waals surface area (Å²) in [7, 11) is -3.62. The second kappa shape index (κ2) is 7.39. The molecule has 0 saturated heterocycles. The normalized spacial score (nSPS) is 16.9. The molecule has 26 heavy (non-hydrogen) atoms. The van der Waals surface area contributed by atoms with Crippen LogP contribution in [-0.2, 0) is 34.1 Å². The van der Waals surface area contributed by atoms with Crippen molar-refractivity contribution in [2.45, 2.75) is 43.5 Å². The first-order valence-corrected chi connectivity index (χ1v) is 10.2. The molecule has 0 radical (unpaired) electrons. The molecule has 0 heterocycles. The highest BCUT2D eigenvalue weighted by Gasteiger charge is 2.26. The van der Waals surface area contributed by atoms with E-state index in [1.807, 2.05) is 19.1 Å². The number of benzene rings is 2. The molecule has 2 aromatic rings. The molecule has 0 fully saturated rings. The van der Waals surface area contributed by atoms with E-state index in [9.17, 15) is 13.2 Å². The third-order valence-electron chi connectivity index (χ3n) is 4.58. The number of aliphatic carboxylic acids is 1. The van der Waals surface area contributed by atoms with Gasteiger partial charge in [0.25, 0.3) is 0 Å². The number of rotatable bonds is 5. The SMILES string of the molecule is Cc1cc(CC(=O)O)c2c(c1)CC(NS(=O)(=O)c1ccc(Cl)cc1)CC2. The van der Waals surface area contributed by atoms with Gasteiger partial charge in [-0.05, 0) is 67.1 Å². The van der Waals surface area contributed by atoms with E-state index in [-0.39, 0.29) is 17.4 Å². The van der Waals surface area contributed by atoms with Gasteiger partial charge < -0.3 is 5.11 Å². The molecule has 0 aliphatic heterocycles. The zero-order valence-electron chi connectivity index (χ0n) is 14.3. The standard InChI is InChI=1S/C19H20ClNO4S/c1-12-8-13-10-16(4-7-18(13)14(9-12)11-19(22)23)21-26(24,25)17-5-2-15(20)3-6-17/h2-3,5-6,8-9,16,21H,4,7,10-11H2,1H3,(H,22,23). The first kappa shape index (κ1) is 18.9. The van der Waals surface area contributed by atoms with Gasteiger partial charge in [0.1, 0.15) is 0 Å². The van der Waals surface area contributed by atoms with Gasteiger partial charge >= 0.3 is 5.97 Å². The van der Waals surface area contributed by atoms with Crippen LogP contribution in [0.3, 0.4) is 0 Å². The number of aryl methyl sites for hydroxylation is 1. The van der Waals surface area contributed by atoms with Crippen molar-refractivity contribution in [3.05, 3.63) is 63.7 Å². The molecule has 1 atom stereocenters. The molecule has 0 spiro atoms. The van der Waals surface area contributed by atoms with Crippen LogP contribution in [0.4, 0.5) is 0 Å². The fourth-order valence-corrected chi connectivity index (χ4v) is 4.88. The van der Waals surface area contributed by atoms with E-state index >= 15 is 0 Å². The number of sulfonamides is 1. The maximum atomic E-state index is 12.6. The minimum absolute atomic E-state index is 0.00875. The Labute approximate surface area is 158 Å². The van der Waals surface area contributed by atoms with E-state index in [2.05, 4.69) is 4.72 Å². The lowest BCUT2D eigenvalue weighted by molar-refractivity contribution is -0.136. The first-order chi connectivity index (χ1) is 12.2. The molecule has 0 bridgehead atoms. The molecule has 0 amide bonds. The lowest BCUT2D eigenvalue weighted by Crippen LogP contribution is -2.39. The smallest absolute Gasteiger partial charge is 0.307 e. The fraction of sp³-hybridized carbons (Fsp3) is 0.316. The van der Waals surface area contributed by atoms with Gasteiger partial charge in [0.15, 0.2) is 0 Å². The number of fused-ring (bicyclic) bond motifs is 1. The second-order valence-electron chi connectivity index (χ2n) is 6.65. The van der Waals surface area contributed by atoms with Crippen LogP contribution in [0, 0.1) is 6.92 Å². The molecule has 1 aliphatic rings. The Morgan fingerprint density at radius 1 is 1.27 bits per heavy atom. The number of hydrogen-bond donors (Lipinski definition) is 2. The van der Waals surface area contributed by atoms with Crippen molar-refractivity contribution in [3.63, 3.8) is 0 Å². The fourth-order valence-electron chi connectivity index (χ4n) is 3.48. The highest BCUT2D eigenvalue weighted by atomic mass is 35.5. The van der Waals surface area contributed by atoms with Gasteiger partial charge in [0, 0.05) is 11.1 Å². The molecule has 0 aromatic heterocycles. The monoisotopic (exact) mass is 393 g/mol. The summed E-state index contributed by atoms with van der Waals surface area (Å²) in [6, 6.07) is 9.77. The van der Waals surface area contributed by atoms with Gasteiger partial charge in [-0.15, -0.1) is 0 Å². The Kier molecular flexibility index (Phi) is 5.37. The highest BCUT2D eigenvalue weighted by molar-refractivity contribution is 7.89. The summed E-state index contributed by atoms with van der Waals surface area (Å²) in [5, 5.41) is 9.59. The van der Waals surface area contributed by atoms with Crippen LogP contribution in [0.1, 0.15) is 28.7 Å². The van der Waals surface area contributed by atoms with E-state index in [1.165, 1.54) is 12.1 Å². The molecule has 3 rings (SSSR count). The zero-order valence-corrected chi connectivity index (χ0v) is 15.9. The maximum absolute atomic E-state index is 12.6. The van der Waals surface area contributed by atoms with Gasteiger partial charge in [-0.3, -0.25) is 4.79 Å². The molecule has 5 nitrogen and oxygen atoms in total. The topological polar surface area (TPSA) is 83.5 Å². The summed E-state index contributed by atoms with van der Waals surface area (Å²) >= 11 is 5.82. The van der Waals surface area contributed by atoms with E-state index in [1.54, 1.807) is 12.1 Å². The van der Waals surface area contributed by atoms with Crippen molar-refractivity contribution in [1.82, 2.24) is 4.72 Å². The van der Waals surface area contributed by atoms with Gasteiger partial charge in [-0.2, -0.15) is 0 Å². The van der Waals surface area contributed by atoms with Crippen molar-refractivity contribution in [2.24, 2.45) is 0 Å². The van der Waals surface area contributed by atoms with Crippen molar-refractivity contribution in [1.29, 1.82) is 0 Å². The Morgan fingerprint density at radius 2 is 1.96 bits per heavy atom. The Balaban J connectivity index is 1.81. The van der Waals surface area contributed by atoms with Crippen LogP contribution >= 0.6 is 11.6 Å². The predicted molar refractivity (Wildman–Crippen MR) is 100 cm³/mol. The van der Waals surface area contributed by atoms with Crippen LogP contribution in [0.2, 0.25) is 5.02 Å². The molecule has 138 valence electrons. The minimum Gasteiger partial charge on any atom is -0.481 e. The van der Waals surface area contributed by atoms with Gasteiger partial charge in [0.05, 0.1) is 11.3 Å². The molecule has 2 aromatic carbocycles. The lowest BCUT2D eigenvalue weighted by Gasteiger charge is -2.27. The third kappa shape index (κ3) is 4.26. The summed E-state index contributed by atoms with van der Waals surface area (Å²) in [5.41, 5.74) is 3.88. The first-order valence-electron chi connectivity index (χ1n) is 8.35. The zero-order chi connectivity index (χ0) is 18.9. The van der Waals surface area contributed by atoms with Crippen LogP contribution in [0.15, 0.2) is 41.3 Å². The second-order valence-corrected chi connectivity index (χ2v) is 8.80. The third-order valence-corrected chi connectivity index (χ3v) is 6.36. The molecule has 1 aliphatic carbocycles. The van der Waals surface area contributed by atoms with E-state index < -0.39 is 16.0 Å². The quantitative estimate of drug-likeness (QED) is 0.817. The van der Waals surface area contributed by atoms with Crippen LogP contribution in [-0.4, -0.2) is 25.5 Å². The van der Waals surface area contributed by atoms with Crippen molar-refractivity contribution < 1.29 is 18.3 Å². The average molecular weight is 394 g/mol. The van der Waals surface area contributed by atoms with Crippen LogP contribution in [0.25, 0.3) is 0 Å². The summed E-state index contributed by atoms with van der Waals surface area (Å²) < 4.78 is 27.9. The highest BCUT2D eigenvalue weighted by Crippen LogP contribution is 2.28. The van der Waals surface area contributed by atoms with Crippen molar-refractivity contribution >= 4 is 27.6 Å². The molecular weight excluding hydrogens is 374 g/mol. The van der Waals surface area contributed by atoms with Crippen molar-refractivity contribution in [2.75, 3.05) is 0 Å². The minimum atomic E-state index is -3.62. The Morgan fingerprint density at radius 3 is 2.62 bits per heavy atom. The number of carboxylic acids is 1. The number of hydrogen-bond acceptors (Lipinski definition) is 3. The van der Waals surface area contributed by atoms with E-state index in [0.717, 1.165) is 22.3 Å². The average Bonchev–Trinajstić information content (AvgIpc) is 2.53. The summed E-state index contributed by atoms with van der Waals surface area (Å²) in [5.74, 6) is -0.858. The lowest BCUT2D eigenvalue weighted by atomic mass is 9.84. The van der Waals surface area contributed by atoms with E-state index in [4.69, 9.17) is 16.7 Å².